The lowest BCUT2D eigenvalue weighted by Crippen LogP contribution is -2.46. The van der Waals surface area contributed by atoms with E-state index in [2.05, 4.69) is 0 Å². The molecule has 0 N–H and O–H groups in total. The Hall–Kier alpha value is -0.693. The first kappa shape index (κ1) is 19.4. The number of allylic oxidation sites excluding steroid dienone is 1. The SMILES string of the molecule is CCO[Si](CCC1=C(C(=O)OC)CCCC1)(OCC)OCC. The van der Waals surface area contributed by atoms with Crippen molar-refractivity contribution < 1.29 is 22.8 Å². The van der Waals surface area contributed by atoms with Crippen LogP contribution in [0.4, 0.5) is 0 Å². The van der Waals surface area contributed by atoms with E-state index in [0.717, 1.165) is 43.7 Å². The fourth-order valence-corrected chi connectivity index (χ4v) is 5.53. The number of ether oxygens (including phenoxy) is 1. The Bertz CT molecular complexity index is 364. The van der Waals surface area contributed by atoms with Crippen LogP contribution in [0.3, 0.4) is 0 Å². The molecular formula is C16H30O5Si. The number of carbonyl (C=O) groups is 1. The molecule has 5 nitrogen and oxygen atoms in total. The third kappa shape index (κ3) is 5.50. The maximum absolute atomic E-state index is 11.9. The summed E-state index contributed by atoms with van der Waals surface area (Å²) in [6, 6.07) is 0.721. The Kier molecular flexibility index (Phi) is 8.93. The van der Waals surface area contributed by atoms with Gasteiger partial charge >= 0.3 is 14.8 Å². The lowest BCUT2D eigenvalue weighted by molar-refractivity contribution is -0.136. The minimum absolute atomic E-state index is 0.189. The Labute approximate surface area is 135 Å². The number of methoxy groups -OCH3 is 1. The van der Waals surface area contributed by atoms with Crippen LogP contribution in [0.5, 0.6) is 0 Å². The van der Waals surface area contributed by atoms with E-state index in [4.69, 9.17) is 18.0 Å². The summed E-state index contributed by atoms with van der Waals surface area (Å²) in [6.07, 6.45) is 4.74. The lowest BCUT2D eigenvalue weighted by Gasteiger charge is -2.29. The first-order valence-electron chi connectivity index (χ1n) is 8.33. The molecule has 1 aliphatic carbocycles. The third-order valence-electron chi connectivity index (χ3n) is 3.84. The normalized spacial score (nSPS) is 16.0. The molecule has 0 spiro atoms. The van der Waals surface area contributed by atoms with Crippen molar-refractivity contribution in [1.82, 2.24) is 0 Å². The van der Waals surface area contributed by atoms with Gasteiger partial charge in [-0.2, -0.15) is 0 Å². The smallest absolute Gasteiger partial charge is 0.466 e. The molecule has 0 aromatic carbocycles. The Morgan fingerprint density at radius 3 is 2.05 bits per heavy atom. The number of rotatable bonds is 10. The Morgan fingerprint density at radius 1 is 1.00 bits per heavy atom. The van der Waals surface area contributed by atoms with Crippen molar-refractivity contribution in [3.8, 4) is 0 Å². The van der Waals surface area contributed by atoms with E-state index in [1.165, 1.54) is 12.7 Å². The van der Waals surface area contributed by atoms with Crippen LogP contribution in [-0.4, -0.2) is 41.7 Å². The molecule has 0 amide bonds. The molecule has 0 aromatic rings. The summed E-state index contributed by atoms with van der Waals surface area (Å²) >= 11 is 0. The molecule has 0 unspecified atom stereocenters. The average Bonchev–Trinajstić information content (AvgIpc) is 2.53. The molecule has 0 radical (unpaired) electrons. The highest BCUT2D eigenvalue weighted by atomic mass is 28.4. The Balaban J connectivity index is 2.84. The summed E-state index contributed by atoms with van der Waals surface area (Å²) in [5.74, 6) is -0.189. The molecular weight excluding hydrogens is 300 g/mol. The zero-order valence-corrected chi connectivity index (χ0v) is 15.4. The van der Waals surface area contributed by atoms with Gasteiger partial charge in [-0.25, -0.2) is 4.79 Å². The summed E-state index contributed by atoms with van der Waals surface area (Å²) < 4.78 is 22.6. The van der Waals surface area contributed by atoms with E-state index < -0.39 is 8.80 Å². The van der Waals surface area contributed by atoms with Crippen molar-refractivity contribution in [3.05, 3.63) is 11.1 Å². The molecule has 1 rings (SSSR count). The van der Waals surface area contributed by atoms with E-state index in [9.17, 15) is 4.79 Å². The molecule has 0 saturated heterocycles. The number of carbonyl (C=O) groups excluding carboxylic acids is 1. The predicted octanol–water partition coefficient (Wildman–Crippen LogP) is 3.47. The average molecular weight is 330 g/mol. The van der Waals surface area contributed by atoms with E-state index in [-0.39, 0.29) is 5.97 Å². The van der Waals surface area contributed by atoms with Crippen LogP contribution in [0.25, 0.3) is 0 Å². The second kappa shape index (κ2) is 10.2. The molecule has 128 valence electrons. The first-order chi connectivity index (χ1) is 10.6. The van der Waals surface area contributed by atoms with Gasteiger partial charge in [0.1, 0.15) is 0 Å². The third-order valence-corrected chi connectivity index (χ3v) is 6.89. The number of esters is 1. The predicted molar refractivity (Wildman–Crippen MR) is 87.6 cm³/mol. The lowest BCUT2D eigenvalue weighted by atomic mass is 9.90. The van der Waals surface area contributed by atoms with Crippen LogP contribution in [0, 0.1) is 0 Å². The van der Waals surface area contributed by atoms with Gasteiger partial charge in [-0.3, -0.25) is 0 Å². The zero-order valence-electron chi connectivity index (χ0n) is 14.4. The van der Waals surface area contributed by atoms with Gasteiger partial charge in [0, 0.05) is 31.4 Å². The molecule has 0 heterocycles. The van der Waals surface area contributed by atoms with Crippen LogP contribution in [-0.2, 0) is 22.8 Å². The zero-order chi connectivity index (χ0) is 16.4. The maximum atomic E-state index is 11.9. The standard InChI is InChI=1S/C16H30O5Si/c1-5-19-22(20-6-2,21-7-3)13-12-14-10-8-9-11-15(14)16(17)18-4/h5-13H2,1-4H3. The van der Waals surface area contributed by atoms with Gasteiger partial charge in [-0.05, 0) is 52.9 Å². The monoisotopic (exact) mass is 330 g/mol. The van der Waals surface area contributed by atoms with Gasteiger partial charge in [0.25, 0.3) is 0 Å². The molecule has 1 aliphatic rings. The van der Waals surface area contributed by atoms with Gasteiger partial charge in [0.05, 0.1) is 7.11 Å². The number of hydrogen-bond acceptors (Lipinski definition) is 5. The quantitative estimate of drug-likeness (QED) is 0.453. The van der Waals surface area contributed by atoms with Crippen molar-refractivity contribution >= 4 is 14.8 Å². The largest absolute Gasteiger partial charge is 0.501 e. The van der Waals surface area contributed by atoms with Crippen LogP contribution >= 0.6 is 0 Å². The highest BCUT2D eigenvalue weighted by Crippen LogP contribution is 2.31. The first-order valence-corrected chi connectivity index (χ1v) is 10.3. The van der Waals surface area contributed by atoms with Crippen molar-refractivity contribution in [2.45, 2.75) is 58.9 Å². The van der Waals surface area contributed by atoms with Crippen LogP contribution in [0.2, 0.25) is 6.04 Å². The summed E-state index contributed by atoms with van der Waals surface area (Å²) in [4.78, 5) is 11.9. The van der Waals surface area contributed by atoms with E-state index in [0.29, 0.717) is 19.8 Å². The van der Waals surface area contributed by atoms with E-state index in [1.807, 2.05) is 20.8 Å². The second-order valence-electron chi connectivity index (χ2n) is 5.26. The van der Waals surface area contributed by atoms with Crippen molar-refractivity contribution in [3.63, 3.8) is 0 Å². The molecule has 6 heteroatoms. The molecule has 22 heavy (non-hydrogen) atoms. The van der Waals surface area contributed by atoms with Crippen LogP contribution in [0.1, 0.15) is 52.9 Å². The van der Waals surface area contributed by atoms with Gasteiger partial charge in [-0.1, -0.05) is 5.57 Å². The molecule has 0 aromatic heterocycles. The van der Waals surface area contributed by atoms with E-state index >= 15 is 0 Å². The highest BCUT2D eigenvalue weighted by molar-refractivity contribution is 6.60. The van der Waals surface area contributed by atoms with Gasteiger partial charge in [0.2, 0.25) is 0 Å². The highest BCUT2D eigenvalue weighted by Gasteiger charge is 2.40. The summed E-state index contributed by atoms with van der Waals surface area (Å²) in [5.41, 5.74) is 2.04. The topological polar surface area (TPSA) is 54.0 Å². The molecule has 0 bridgehead atoms. The number of hydrogen-bond donors (Lipinski definition) is 0. The fraction of sp³-hybridized carbons (Fsp3) is 0.812. The van der Waals surface area contributed by atoms with E-state index in [1.54, 1.807) is 0 Å². The molecule has 0 aliphatic heterocycles. The van der Waals surface area contributed by atoms with Crippen molar-refractivity contribution in [2.24, 2.45) is 0 Å². The van der Waals surface area contributed by atoms with Crippen molar-refractivity contribution in [2.75, 3.05) is 26.9 Å². The summed E-state index contributed by atoms with van der Waals surface area (Å²) in [5, 5.41) is 0. The van der Waals surface area contributed by atoms with Gasteiger partial charge in [0.15, 0.2) is 0 Å². The minimum atomic E-state index is -2.64. The Morgan fingerprint density at radius 2 is 1.55 bits per heavy atom. The summed E-state index contributed by atoms with van der Waals surface area (Å²) in [7, 11) is -1.19. The minimum Gasteiger partial charge on any atom is -0.466 e. The van der Waals surface area contributed by atoms with Gasteiger partial charge in [-0.15, -0.1) is 0 Å². The molecule has 0 atom stereocenters. The fourth-order valence-electron chi connectivity index (χ4n) is 2.92. The maximum Gasteiger partial charge on any atom is 0.501 e. The molecule has 0 saturated carbocycles. The van der Waals surface area contributed by atoms with Crippen LogP contribution in [0.15, 0.2) is 11.1 Å². The summed E-state index contributed by atoms with van der Waals surface area (Å²) in [6.45, 7) is 7.61. The van der Waals surface area contributed by atoms with Gasteiger partial charge < -0.3 is 18.0 Å². The second-order valence-corrected chi connectivity index (χ2v) is 7.99. The van der Waals surface area contributed by atoms with Crippen molar-refractivity contribution in [1.29, 1.82) is 0 Å². The van der Waals surface area contributed by atoms with Crippen LogP contribution < -0.4 is 0 Å². The molecule has 0 fully saturated rings.